The second kappa shape index (κ2) is 9.45. The Hall–Kier alpha value is -3.64. The molecular weight excluding hydrogens is 393 g/mol. The molecule has 0 fully saturated rings. The summed E-state index contributed by atoms with van der Waals surface area (Å²) in [5.74, 6) is 0.922. The quantitative estimate of drug-likeness (QED) is 0.439. The maximum Gasteiger partial charge on any atom is 0.136 e. The molecule has 1 N–H and O–H groups in total. The summed E-state index contributed by atoms with van der Waals surface area (Å²) >= 11 is 0. The third kappa shape index (κ3) is 4.75. The van der Waals surface area contributed by atoms with Crippen molar-refractivity contribution in [1.82, 2.24) is 15.1 Å². The molecule has 31 heavy (non-hydrogen) atoms. The molecule has 6 heteroatoms. The average Bonchev–Trinajstić information content (AvgIpc) is 3.23. The van der Waals surface area contributed by atoms with Crippen LogP contribution in [0.15, 0.2) is 79.0 Å². The van der Waals surface area contributed by atoms with Crippen LogP contribution in [0.4, 0.5) is 4.39 Å². The van der Waals surface area contributed by atoms with Crippen molar-refractivity contribution in [1.29, 1.82) is 0 Å². The Labute approximate surface area is 181 Å². The van der Waals surface area contributed by atoms with E-state index in [-0.39, 0.29) is 5.82 Å². The van der Waals surface area contributed by atoms with Crippen molar-refractivity contribution in [3.05, 3.63) is 95.9 Å². The summed E-state index contributed by atoms with van der Waals surface area (Å²) in [5.41, 5.74) is 3.95. The fraction of sp³-hybridized carbons (Fsp3) is 0.160. The third-order valence-corrected chi connectivity index (χ3v) is 5.02. The van der Waals surface area contributed by atoms with Gasteiger partial charge in [0.1, 0.15) is 23.0 Å². The van der Waals surface area contributed by atoms with Crippen LogP contribution in [-0.4, -0.2) is 24.0 Å². The molecule has 0 saturated heterocycles. The molecule has 0 aliphatic heterocycles. The molecule has 0 spiro atoms. The highest BCUT2D eigenvalue weighted by Gasteiger charge is 2.16. The van der Waals surface area contributed by atoms with Gasteiger partial charge >= 0.3 is 0 Å². The molecule has 0 bridgehead atoms. The molecule has 0 unspecified atom stereocenters. The Bertz CT molecular complexity index is 1160. The van der Waals surface area contributed by atoms with E-state index >= 15 is 0 Å². The molecule has 158 valence electrons. The Morgan fingerprint density at radius 2 is 1.65 bits per heavy atom. The molecule has 4 aromatic rings. The smallest absolute Gasteiger partial charge is 0.136 e. The van der Waals surface area contributed by atoms with Crippen molar-refractivity contribution in [2.24, 2.45) is 0 Å². The Morgan fingerprint density at radius 1 is 0.871 bits per heavy atom. The molecule has 5 nitrogen and oxygen atoms in total. The van der Waals surface area contributed by atoms with Gasteiger partial charge in [-0.05, 0) is 42.0 Å². The Morgan fingerprint density at radius 3 is 2.39 bits per heavy atom. The highest BCUT2D eigenvalue weighted by Crippen LogP contribution is 2.29. The van der Waals surface area contributed by atoms with Crippen LogP contribution in [0.3, 0.4) is 0 Å². The van der Waals surface area contributed by atoms with Gasteiger partial charge in [0.25, 0.3) is 0 Å². The number of ether oxygens (including phenoxy) is 2. The summed E-state index contributed by atoms with van der Waals surface area (Å²) in [4.78, 5) is 0. The number of nitrogens with zero attached hydrogens (tertiary/aromatic N) is 2. The maximum absolute atomic E-state index is 14.8. The van der Waals surface area contributed by atoms with E-state index in [1.165, 1.54) is 13.2 Å². The molecule has 1 heterocycles. The number of aromatic nitrogens is 2. The molecule has 0 aliphatic rings. The highest BCUT2D eigenvalue weighted by atomic mass is 19.1. The minimum Gasteiger partial charge on any atom is -0.497 e. The van der Waals surface area contributed by atoms with Gasteiger partial charge in [-0.1, -0.05) is 30.3 Å². The fourth-order valence-electron chi connectivity index (χ4n) is 3.42. The van der Waals surface area contributed by atoms with E-state index in [1.807, 2.05) is 60.8 Å². The zero-order valence-corrected chi connectivity index (χ0v) is 17.5. The van der Waals surface area contributed by atoms with Crippen LogP contribution in [0.1, 0.15) is 11.1 Å². The summed E-state index contributed by atoms with van der Waals surface area (Å²) in [6.07, 6.45) is 1.94. The van der Waals surface area contributed by atoms with Crippen molar-refractivity contribution >= 4 is 0 Å². The minimum absolute atomic E-state index is 0.369. The first-order valence-corrected chi connectivity index (χ1v) is 9.99. The second-order valence-corrected chi connectivity index (χ2v) is 7.08. The topological polar surface area (TPSA) is 48.3 Å². The van der Waals surface area contributed by atoms with E-state index in [2.05, 4.69) is 5.32 Å². The summed E-state index contributed by atoms with van der Waals surface area (Å²) in [5, 5.41) is 8.13. The van der Waals surface area contributed by atoms with Crippen molar-refractivity contribution in [3.63, 3.8) is 0 Å². The van der Waals surface area contributed by atoms with Crippen molar-refractivity contribution in [2.45, 2.75) is 13.1 Å². The number of rotatable bonds is 8. The van der Waals surface area contributed by atoms with Crippen molar-refractivity contribution in [3.8, 4) is 28.4 Å². The molecule has 0 atom stereocenters. The monoisotopic (exact) mass is 417 g/mol. The predicted octanol–water partition coefficient (Wildman–Crippen LogP) is 4.99. The Kier molecular flexibility index (Phi) is 6.29. The first-order chi connectivity index (χ1) is 15.2. The lowest BCUT2D eigenvalue weighted by Gasteiger charge is -2.08. The van der Waals surface area contributed by atoms with E-state index in [4.69, 9.17) is 14.6 Å². The molecular formula is C25H24FN3O2. The van der Waals surface area contributed by atoms with Crippen LogP contribution in [0.5, 0.6) is 11.5 Å². The van der Waals surface area contributed by atoms with Crippen molar-refractivity contribution in [2.75, 3.05) is 14.2 Å². The van der Waals surface area contributed by atoms with Crippen LogP contribution < -0.4 is 14.8 Å². The SMILES string of the molecule is COc1cccc(CNCc2cn(-c3ccccc3)nc2-c2ccc(OC)cc2F)c1. The standard InChI is InChI=1S/C25H24FN3O2/c1-30-21-10-6-7-18(13-21)15-27-16-19-17-29(20-8-4-3-5-9-20)28-25(19)23-12-11-22(31-2)14-24(23)26/h3-14,17,27H,15-16H2,1-2H3. The summed E-state index contributed by atoms with van der Waals surface area (Å²) < 4.78 is 27.0. The minimum atomic E-state index is -0.369. The first-order valence-electron chi connectivity index (χ1n) is 9.99. The van der Waals surface area contributed by atoms with Crippen LogP contribution in [0, 0.1) is 5.82 Å². The van der Waals surface area contributed by atoms with Gasteiger partial charge in [0.2, 0.25) is 0 Å². The van der Waals surface area contributed by atoms with Gasteiger partial charge in [-0.3, -0.25) is 0 Å². The van der Waals surface area contributed by atoms with E-state index in [0.717, 1.165) is 22.6 Å². The fourth-order valence-corrected chi connectivity index (χ4v) is 3.42. The Balaban J connectivity index is 1.62. The molecule has 0 amide bonds. The van der Waals surface area contributed by atoms with Gasteiger partial charge in [-0.25, -0.2) is 9.07 Å². The maximum atomic E-state index is 14.8. The van der Waals surface area contributed by atoms with Gasteiger partial charge in [0.15, 0.2) is 0 Å². The van der Waals surface area contributed by atoms with Crippen LogP contribution >= 0.6 is 0 Å². The third-order valence-electron chi connectivity index (χ3n) is 5.02. The van der Waals surface area contributed by atoms with Gasteiger partial charge < -0.3 is 14.8 Å². The molecule has 4 rings (SSSR count). The van der Waals surface area contributed by atoms with Crippen molar-refractivity contribution < 1.29 is 13.9 Å². The summed E-state index contributed by atoms with van der Waals surface area (Å²) in [7, 11) is 3.17. The molecule has 0 saturated carbocycles. The highest BCUT2D eigenvalue weighted by molar-refractivity contribution is 5.65. The lowest BCUT2D eigenvalue weighted by molar-refractivity contribution is 0.411. The number of benzene rings is 3. The number of hydrogen-bond acceptors (Lipinski definition) is 4. The molecule has 3 aromatic carbocycles. The molecule has 1 aromatic heterocycles. The largest absolute Gasteiger partial charge is 0.497 e. The number of hydrogen-bond donors (Lipinski definition) is 1. The van der Waals surface area contributed by atoms with Gasteiger partial charge in [0, 0.05) is 36.5 Å². The number of nitrogens with one attached hydrogen (secondary N) is 1. The van der Waals surface area contributed by atoms with Gasteiger partial charge in [0.05, 0.1) is 19.9 Å². The first kappa shape index (κ1) is 20.6. The molecule has 0 aliphatic carbocycles. The van der Waals surface area contributed by atoms with E-state index in [9.17, 15) is 4.39 Å². The van der Waals surface area contributed by atoms with E-state index < -0.39 is 0 Å². The second-order valence-electron chi connectivity index (χ2n) is 7.08. The predicted molar refractivity (Wildman–Crippen MR) is 119 cm³/mol. The van der Waals surface area contributed by atoms with Crippen LogP contribution in [-0.2, 0) is 13.1 Å². The zero-order chi connectivity index (χ0) is 21.6. The van der Waals surface area contributed by atoms with Gasteiger partial charge in [-0.15, -0.1) is 0 Å². The zero-order valence-electron chi connectivity index (χ0n) is 17.5. The van der Waals surface area contributed by atoms with E-state index in [1.54, 1.807) is 23.9 Å². The van der Waals surface area contributed by atoms with Crippen LogP contribution in [0.2, 0.25) is 0 Å². The summed E-state index contributed by atoms with van der Waals surface area (Å²) in [6, 6.07) is 22.5. The summed E-state index contributed by atoms with van der Waals surface area (Å²) in [6.45, 7) is 1.18. The van der Waals surface area contributed by atoms with Gasteiger partial charge in [-0.2, -0.15) is 5.10 Å². The lowest BCUT2D eigenvalue weighted by atomic mass is 10.1. The number of para-hydroxylation sites is 1. The molecule has 0 radical (unpaired) electrons. The lowest BCUT2D eigenvalue weighted by Crippen LogP contribution is -2.13. The number of methoxy groups -OCH3 is 2. The van der Waals surface area contributed by atoms with Crippen LogP contribution in [0.25, 0.3) is 16.9 Å². The number of halogens is 1. The average molecular weight is 417 g/mol. The normalized spacial score (nSPS) is 10.8. The van der Waals surface area contributed by atoms with E-state index in [0.29, 0.717) is 30.1 Å².